The maximum Gasteiger partial charge on any atom is 0.151 e. The second kappa shape index (κ2) is 7.59. The van der Waals surface area contributed by atoms with E-state index >= 15 is 0 Å². The van der Waals surface area contributed by atoms with Gasteiger partial charge in [0.1, 0.15) is 14.4 Å². The van der Waals surface area contributed by atoms with E-state index in [4.69, 9.17) is 0 Å². The lowest BCUT2D eigenvalue weighted by atomic mass is 10.0. The van der Waals surface area contributed by atoms with E-state index in [-0.39, 0.29) is 0 Å². The molecule has 2 rings (SSSR count). The Morgan fingerprint density at radius 2 is 1.58 bits per heavy atom. The highest BCUT2D eigenvalue weighted by Crippen LogP contribution is 2.10. The minimum atomic E-state index is -1.46. The molecule has 118 valence electrons. The van der Waals surface area contributed by atoms with Crippen molar-refractivity contribution in [1.29, 1.82) is 0 Å². The molecule has 24 heavy (non-hydrogen) atoms. The molecule has 2 aromatic rings. The maximum absolute atomic E-state index is 11.3. The molecule has 0 aromatic heterocycles. The highest BCUT2D eigenvalue weighted by Gasteiger charge is 2.07. The largest absolute Gasteiger partial charge is 0.298 e. The first-order valence-corrected chi connectivity index (χ1v) is 11.1. The summed E-state index contributed by atoms with van der Waals surface area (Å²) in [5.41, 5.74) is 6.60. The number of hydrogen-bond acceptors (Lipinski definition) is 2. The molecule has 0 spiro atoms. The van der Waals surface area contributed by atoms with Crippen LogP contribution in [0, 0.1) is 23.3 Å². The Bertz CT molecular complexity index is 897. The van der Waals surface area contributed by atoms with E-state index in [1.54, 1.807) is 24.3 Å². The fourth-order valence-corrected chi connectivity index (χ4v) is 2.46. The Morgan fingerprint density at radius 1 is 0.833 bits per heavy atom. The van der Waals surface area contributed by atoms with Crippen LogP contribution in [0.5, 0.6) is 0 Å². The van der Waals surface area contributed by atoms with E-state index in [1.807, 2.05) is 18.2 Å². The minimum absolute atomic E-state index is 0.524. The predicted molar refractivity (Wildman–Crippen MR) is 99.9 cm³/mol. The summed E-state index contributed by atoms with van der Waals surface area (Å²) in [5.74, 6) is 9.12. The second-order valence-corrected chi connectivity index (χ2v) is 11.2. The van der Waals surface area contributed by atoms with E-state index in [1.165, 1.54) is 0 Å². The van der Waals surface area contributed by atoms with Gasteiger partial charge in [-0.15, -0.1) is 5.54 Å². The molecule has 3 heteroatoms. The number of rotatable bonds is 2. The number of aldehydes is 2. The molecular formula is C21H18O2Si. The Morgan fingerprint density at radius 3 is 2.25 bits per heavy atom. The highest BCUT2D eigenvalue weighted by atomic mass is 28.3. The molecule has 0 amide bonds. The zero-order chi connectivity index (χ0) is 17.6. The van der Waals surface area contributed by atoms with Gasteiger partial charge in [-0.05, 0) is 30.3 Å². The van der Waals surface area contributed by atoms with Crippen LogP contribution in [-0.4, -0.2) is 20.6 Å². The average molecular weight is 330 g/mol. The van der Waals surface area contributed by atoms with Crippen LogP contribution in [0.4, 0.5) is 0 Å². The Hall–Kier alpha value is -2.88. The van der Waals surface area contributed by atoms with Crippen molar-refractivity contribution in [3.05, 3.63) is 70.3 Å². The number of carbonyl (C=O) groups excluding carboxylic acids is 2. The van der Waals surface area contributed by atoms with Crippen molar-refractivity contribution >= 4 is 20.6 Å². The molecule has 2 nitrogen and oxygen atoms in total. The van der Waals surface area contributed by atoms with E-state index in [0.717, 1.165) is 23.7 Å². The molecule has 0 saturated carbocycles. The standard InChI is InChI=1S/C21H18O2Si/c1-24(2,3)12-11-18-8-10-20(21(14-18)16-23)9-7-17-5-4-6-19(13-17)15-22/h4-6,8,10,13-16H,1-3H3. The molecule has 0 aliphatic heterocycles. The van der Waals surface area contributed by atoms with Crippen molar-refractivity contribution in [1.82, 2.24) is 0 Å². The van der Waals surface area contributed by atoms with Gasteiger partial charge in [0.25, 0.3) is 0 Å². The summed E-state index contributed by atoms with van der Waals surface area (Å²) in [4.78, 5) is 22.1. The van der Waals surface area contributed by atoms with Crippen LogP contribution < -0.4 is 0 Å². The molecule has 0 N–H and O–H groups in total. The van der Waals surface area contributed by atoms with Gasteiger partial charge in [0.15, 0.2) is 6.29 Å². The third-order valence-corrected chi connectivity index (χ3v) is 4.00. The molecule has 0 heterocycles. The number of carbonyl (C=O) groups is 2. The van der Waals surface area contributed by atoms with Crippen LogP contribution in [0.25, 0.3) is 0 Å². The van der Waals surface area contributed by atoms with Crippen molar-refractivity contribution in [3.8, 4) is 23.3 Å². The van der Waals surface area contributed by atoms with E-state index in [0.29, 0.717) is 16.7 Å². The minimum Gasteiger partial charge on any atom is -0.298 e. The smallest absolute Gasteiger partial charge is 0.151 e. The summed E-state index contributed by atoms with van der Waals surface area (Å²) in [5, 5.41) is 0. The van der Waals surface area contributed by atoms with Crippen molar-refractivity contribution in [3.63, 3.8) is 0 Å². The van der Waals surface area contributed by atoms with Gasteiger partial charge in [0.05, 0.1) is 0 Å². The summed E-state index contributed by atoms with van der Waals surface area (Å²) < 4.78 is 0. The normalized spacial score (nSPS) is 9.96. The third-order valence-electron chi connectivity index (χ3n) is 3.12. The summed E-state index contributed by atoms with van der Waals surface area (Å²) in [6.07, 6.45) is 1.58. The molecular weight excluding hydrogens is 312 g/mol. The quantitative estimate of drug-likeness (QED) is 0.475. The van der Waals surface area contributed by atoms with Gasteiger partial charge >= 0.3 is 0 Å². The topological polar surface area (TPSA) is 34.1 Å². The lowest BCUT2D eigenvalue weighted by Gasteiger charge is -2.04. The Balaban J connectivity index is 2.35. The van der Waals surface area contributed by atoms with E-state index in [9.17, 15) is 9.59 Å². The SMILES string of the molecule is C[Si](C)(C)C#Cc1ccc(C#Cc2cccc(C=O)c2)c(C=O)c1. The van der Waals surface area contributed by atoms with Gasteiger partial charge < -0.3 is 0 Å². The summed E-state index contributed by atoms with van der Waals surface area (Å²) >= 11 is 0. The molecule has 0 saturated heterocycles. The zero-order valence-electron chi connectivity index (χ0n) is 14.0. The first-order chi connectivity index (χ1) is 11.4. The fraction of sp³-hybridized carbons (Fsp3) is 0.143. The lowest BCUT2D eigenvalue weighted by molar-refractivity contribution is 0.111. The zero-order valence-corrected chi connectivity index (χ0v) is 15.0. The first kappa shape index (κ1) is 17.5. The molecule has 0 atom stereocenters. The average Bonchev–Trinajstić information content (AvgIpc) is 2.58. The van der Waals surface area contributed by atoms with E-state index in [2.05, 4.69) is 42.9 Å². The highest BCUT2D eigenvalue weighted by molar-refractivity contribution is 6.83. The van der Waals surface area contributed by atoms with Crippen molar-refractivity contribution in [2.45, 2.75) is 19.6 Å². The molecule has 0 aliphatic rings. The van der Waals surface area contributed by atoms with Gasteiger partial charge in [-0.3, -0.25) is 9.59 Å². The molecule has 0 aliphatic carbocycles. The van der Waals surface area contributed by atoms with Crippen LogP contribution in [0.1, 0.15) is 37.4 Å². The summed E-state index contributed by atoms with van der Waals surface area (Å²) in [6, 6.07) is 12.5. The number of benzene rings is 2. The predicted octanol–water partition coefficient (Wildman–Crippen LogP) is 3.94. The monoisotopic (exact) mass is 330 g/mol. The van der Waals surface area contributed by atoms with Crippen LogP contribution >= 0.6 is 0 Å². The first-order valence-electron chi connectivity index (χ1n) is 7.61. The fourth-order valence-electron chi connectivity index (χ4n) is 1.94. The van der Waals surface area contributed by atoms with Gasteiger partial charge in [-0.2, -0.15) is 0 Å². The molecule has 0 unspecified atom stereocenters. The van der Waals surface area contributed by atoms with E-state index < -0.39 is 8.07 Å². The van der Waals surface area contributed by atoms with Crippen LogP contribution in [0.15, 0.2) is 42.5 Å². The van der Waals surface area contributed by atoms with Crippen LogP contribution in [0.2, 0.25) is 19.6 Å². The molecule has 0 bridgehead atoms. The van der Waals surface area contributed by atoms with Crippen molar-refractivity contribution in [2.24, 2.45) is 0 Å². The van der Waals surface area contributed by atoms with Gasteiger partial charge in [-0.25, -0.2) is 0 Å². The Kier molecular flexibility index (Phi) is 5.53. The van der Waals surface area contributed by atoms with Crippen molar-refractivity contribution < 1.29 is 9.59 Å². The van der Waals surface area contributed by atoms with Gasteiger partial charge in [0.2, 0.25) is 0 Å². The van der Waals surface area contributed by atoms with Crippen LogP contribution in [-0.2, 0) is 0 Å². The second-order valence-electron chi connectivity index (χ2n) is 6.41. The number of hydrogen-bond donors (Lipinski definition) is 0. The van der Waals surface area contributed by atoms with Crippen molar-refractivity contribution in [2.75, 3.05) is 0 Å². The summed E-state index contributed by atoms with van der Waals surface area (Å²) in [6.45, 7) is 6.52. The molecule has 0 fully saturated rings. The third kappa shape index (κ3) is 5.09. The molecule has 0 radical (unpaired) electrons. The molecule has 2 aromatic carbocycles. The lowest BCUT2D eigenvalue weighted by Crippen LogP contribution is -2.16. The van der Waals surface area contributed by atoms with Gasteiger partial charge in [-0.1, -0.05) is 49.5 Å². The summed E-state index contributed by atoms with van der Waals surface area (Å²) in [7, 11) is -1.46. The maximum atomic E-state index is 11.3. The van der Waals surface area contributed by atoms with Gasteiger partial charge in [0, 0.05) is 27.8 Å². The Labute approximate surface area is 143 Å². The van der Waals surface area contributed by atoms with Crippen LogP contribution in [0.3, 0.4) is 0 Å².